The minimum atomic E-state index is -0.799. The monoisotopic (exact) mass is 283 g/mol. The number of nitrogens with one attached hydrogen (secondary N) is 1. The third-order valence-corrected chi connectivity index (χ3v) is 3.44. The van der Waals surface area contributed by atoms with Gasteiger partial charge in [-0.2, -0.15) is 0 Å². The van der Waals surface area contributed by atoms with E-state index in [0.717, 1.165) is 23.4 Å². The summed E-state index contributed by atoms with van der Waals surface area (Å²) in [7, 11) is 0. The molecule has 0 heterocycles. The second kappa shape index (κ2) is 6.93. The van der Waals surface area contributed by atoms with Crippen LogP contribution in [0.4, 0.5) is 5.69 Å². The van der Waals surface area contributed by atoms with Crippen LogP contribution >= 0.6 is 0 Å². The van der Waals surface area contributed by atoms with Gasteiger partial charge >= 0.3 is 5.97 Å². The van der Waals surface area contributed by atoms with Crippen LogP contribution in [0.3, 0.4) is 0 Å². The number of carboxylic acid groups (broad SMARTS) is 1. The van der Waals surface area contributed by atoms with Gasteiger partial charge in [0.1, 0.15) is 0 Å². The second-order valence-corrected chi connectivity index (χ2v) is 5.48. The number of hydrogen-bond donors (Lipinski definition) is 2. The maximum absolute atomic E-state index is 10.7. The van der Waals surface area contributed by atoms with Crippen LogP contribution in [0.15, 0.2) is 48.5 Å². The van der Waals surface area contributed by atoms with E-state index in [4.69, 9.17) is 5.11 Å². The van der Waals surface area contributed by atoms with Gasteiger partial charge in [0.15, 0.2) is 0 Å². The van der Waals surface area contributed by atoms with E-state index in [9.17, 15) is 4.79 Å². The van der Waals surface area contributed by atoms with E-state index in [2.05, 4.69) is 37.4 Å². The highest BCUT2D eigenvalue weighted by Crippen LogP contribution is 2.24. The molecule has 0 aliphatic heterocycles. The molecular weight excluding hydrogens is 262 g/mol. The highest BCUT2D eigenvalue weighted by Gasteiger charge is 2.05. The molecule has 0 spiro atoms. The Bertz CT molecular complexity index is 603. The Hall–Kier alpha value is -2.29. The van der Waals surface area contributed by atoms with Gasteiger partial charge in [0, 0.05) is 12.2 Å². The average molecular weight is 283 g/mol. The molecule has 2 aromatic carbocycles. The molecule has 2 rings (SSSR count). The topological polar surface area (TPSA) is 49.3 Å². The normalized spacial score (nSPS) is 10.6. The third kappa shape index (κ3) is 4.35. The van der Waals surface area contributed by atoms with E-state index >= 15 is 0 Å². The summed E-state index contributed by atoms with van der Waals surface area (Å²) >= 11 is 0. The van der Waals surface area contributed by atoms with Crippen molar-refractivity contribution in [1.29, 1.82) is 0 Å². The Kier molecular flexibility index (Phi) is 4.99. The van der Waals surface area contributed by atoms with Crippen LogP contribution in [0.1, 0.15) is 36.5 Å². The van der Waals surface area contributed by atoms with E-state index in [1.807, 2.05) is 30.3 Å². The summed E-state index contributed by atoms with van der Waals surface area (Å²) in [5.41, 5.74) is 4.43. The van der Waals surface area contributed by atoms with Crippen LogP contribution in [0.5, 0.6) is 0 Å². The predicted molar refractivity (Wildman–Crippen MR) is 85.6 cm³/mol. The van der Waals surface area contributed by atoms with Crippen molar-refractivity contribution in [3.05, 3.63) is 65.2 Å². The third-order valence-electron chi connectivity index (χ3n) is 3.44. The SMILES string of the molecule is CC(C)c1ccccc1NCc1ccc(CC(=O)O)cc1. The Morgan fingerprint density at radius 2 is 1.67 bits per heavy atom. The number of carboxylic acids is 1. The number of hydrogen-bond acceptors (Lipinski definition) is 2. The van der Waals surface area contributed by atoms with Crippen LogP contribution in [0.2, 0.25) is 0 Å². The Morgan fingerprint density at radius 1 is 1.05 bits per heavy atom. The van der Waals surface area contributed by atoms with Crippen molar-refractivity contribution >= 4 is 11.7 Å². The van der Waals surface area contributed by atoms with Crippen LogP contribution in [0.25, 0.3) is 0 Å². The van der Waals surface area contributed by atoms with E-state index in [1.165, 1.54) is 5.56 Å². The van der Waals surface area contributed by atoms with Crippen molar-refractivity contribution in [3.8, 4) is 0 Å². The van der Waals surface area contributed by atoms with Gasteiger partial charge in [-0.15, -0.1) is 0 Å². The van der Waals surface area contributed by atoms with Gasteiger partial charge in [-0.1, -0.05) is 56.3 Å². The number of anilines is 1. The number of para-hydroxylation sites is 1. The fourth-order valence-corrected chi connectivity index (χ4v) is 2.31. The van der Waals surface area contributed by atoms with Crippen molar-refractivity contribution in [1.82, 2.24) is 0 Å². The van der Waals surface area contributed by atoms with Gasteiger partial charge in [-0.25, -0.2) is 0 Å². The molecule has 0 amide bonds. The van der Waals surface area contributed by atoms with E-state index < -0.39 is 5.97 Å². The summed E-state index contributed by atoms with van der Waals surface area (Å²) in [6, 6.07) is 16.0. The molecule has 0 unspecified atom stereocenters. The van der Waals surface area contributed by atoms with E-state index in [0.29, 0.717) is 5.92 Å². The summed E-state index contributed by atoms with van der Waals surface area (Å²) in [6.45, 7) is 5.10. The molecule has 0 radical (unpaired) electrons. The van der Waals surface area contributed by atoms with Gasteiger partial charge in [-0.3, -0.25) is 4.79 Å². The average Bonchev–Trinajstić information content (AvgIpc) is 2.46. The molecule has 21 heavy (non-hydrogen) atoms. The molecule has 3 nitrogen and oxygen atoms in total. The standard InChI is InChI=1S/C18H21NO2/c1-13(2)16-5-3-4-6-17(16)19-12-15-9-7-14(8-10-15)11-18(20)21/h3-10,13,19H,11-12H2,1-2H3,(H,20,21). The molecule has 110 valence electrons. The molecule has 2 aromatic rings. The fraction of sp³-hybridized carbons (Fsp3) is 0.278. The molecule has 2 N–H and O–H groups in total. The van der Waals surface area contributed by atoms with Crippen molar-refractivity contribution in [3.63, 3.8) is 0 Å². The maximum atomic E-state index is 10.7. The fourth-order valence-electron chi connectivity index (χ4n) is 2.31. The summed E-state index contributed by atoms with van der Waals surface area (Å²) < 4.78 is 0. The lowest BCUT2D eigenvalue weighted by atomic mass is 10.0. The quantitative estimate of drug-likeness (QED) is 0.841. The Labute approximate surface area is 125 Å². The minimum Gasteiger partial charge on any atom is -0.481 e. The Balaban J connectivity index is 2.02. The highest BCUT2D eigenvalue weighted by molar-refractivity contribution is 5.70. The van der Waals surface area contributed by atoms with Crippen molar-refractivity contribution in [2.45, 2.75) is 32.7 Å². The molecule has 0 saturated heterocycles. The van der Waals surface area contributed by atoms with Crippen LogP contribution < -0.4 is 5.32 Å². The summed E-state index contributed by atoms with van der Waals surface area (Å²) in [5, 5.41) is 12.2. The molecule has 0 fully saturated rings. The summed E-state index contributed by atoms with van der Waals surface area (Å²) in [5.74, 6) is -0.321. The molecule has 0 saturated carbocycles. The van der Waals surface area contributed by atoms with Crippen molar-refractivity contribution in [2.24, 2.45) is 0 Å². The molecule has 0 bridgehead atoms. The molecule has 0 aliphatic carbocycles. The molecule has 3 heteroatoms. The largest absolute Gasteiger partial charge is 0.481 e. The first-order valence-electron chi connectivity index (χ1n) is 7.18. The molecular formula is C18H21NO2. The lowest BCUT2D eigenvalue weighted by molar-refractivity contribution is -0.136. The van der Waals surface area contributed by atoms with Gasteiger partial charge in [0.05, 0.1) is 6.42 Å². The first kappa shape index (κ1) is 15.1. The zero-order chi connectivity index (χ0) is 15.2. The molecule has 0 aliphatic rings. The second-order valence-electron chi connectivity index (χ2n) is 5.48. The number of benzene rings is 2. The van der Waals surface area contributed by atoms with Gasteiger partial charge in [0.2, 0.25) is 0 Å². The zero-order valence-corrected chi connectivity index (χ0v) is 12.5. The van der Waals surface area contributed by atoms with Crippen LogP contribution in [-0.2, 0) is 17.8 Å². The van der Waals surface area contributed by atoms with Crippen molar-refractivity contribution < 1.29 is 9.90 Å². The highest BCUT2D eigenvalue weighted by atomic mass is 16.4. The van der Waals surface area contributed by atoms with Gasteiger partial charge < -0.3 is 10.4 Å². The number of rotatable bonds is 6. The smallest absolute Gasteiger partial charge is 0.307 e. The lowest BCUT2D eigenvalue weighted by Crippen LogP contribution is -2.04. The zero-order valence-electron chi connectivity index (χ0n) is 12.5. The maximum Gasteiger partial charge on any atom is 0.307 e. The van der Waals surface area contributed by atoms with Crippen molar-refractivity contribution in [2.75, 3.05) is 5.32 Å². The number of carbonyl (C=O) groups is 1. The Morgan fingerprint density at radius 3 is 2.29 bits per heavy atom. The molecule has 0 atom stereocenters. The summed E-state index contributed by atoms with van der Waals surface area (Å²) in [6.07, 6.45) is 0.0733. The first-order valence-corrected chi connectivity index (χ1v) is 7.18. The predicted octanol–water partition coefficient (Wildman–Crippen LogP) is 4.05. The lowest BCUT2D eigenvalue weighted by Gasteiger charge is -2.14. The summed E-state index contributed by atoms with van der Waals surface area (Å²) in [4.78, 5) is 10.7. The van der Waals surface area contributed by atoms with Crippen LogP contribution in [-0.4, -0.2) is 11.1 Å². The van der Waals surface area contributed by atoms with Gasteiger partial charge in [-0.05, 0) is 28.7 Å². The van der Waals surface area contributed by atoms with E-state index in [-0.39, 0.29) is 6.42 Å². The van der Waals surface area contributed by atoms with E-state index in [1.54, 1.807) is 0 Å². The molecule has 0 aromatic heterocycles. The number of aliphatic carboxylic acids is 1. The van der Waals surface area contributed by atoms with Crippen LogP contribution in [0, 0.1) is 0 Å². The first-order chi connectivity index (χ1) is 10.1. The van der Waals surface area contributed by atoms with Gasteiger partial charge in [0.25, 0.3) is 0 Å². The minimum absolute atomic E-state index is 0.0733.